The lowest BCUT2D eigenvalue weighted by molar-refractivity contribution is 0.415. The van der Waals surface area contributed by atoms with Gasteiger partial charge in [0.1, 0.15) is 5.75 Å². The third-order valence-electron chi connectivity index (χ3n) is 3.54. The van der Waals surface area contributed by atoms with Crippen LogP contribution in [0, 0.1) is 6.92 Å². The van der Waals surface area contributed by atoms with E-state index in [1.54, 1.807) is 19.5 Å². The molecular formula is C16H13Cl2N3O. The summed E-state index contributed by atoms with van der Waals surface area (Å²) in [4.78, 5) is 3.97. The molecule has 1 aromatic carbocycles. The lowest BCUT2D eigenvalue weighted by Gasteiger charge is -2.10. The van der Waals surface area contributed by atoms with Crippen molar-refractivity contribution < 1.29 is 4.74 Å². The molecule has 0 atom stereocenters. The quantitative estimate of drug-likeness (QED) is 0.719. The summed E-state index contributed by atoms with van der Waals surface area (Å²) in [6.07, 6.45) is 3.65. The number of pyridine rings is 1. The summed E-state index contributed by atoms with van der Waals surface area (Å²) in [6.45, 7) is 1.92. The molecule has 0 aliphatic heterocycles. The lowest BCUT2D eigenvalue weighted by atomic mass is 10.0. The van der Waals surface area contributed by atoms with Crippen LogP contribution in [0.3, 0.4) is 0 Å². The molecular weight excluding hydrogens is 321 g/mol. The van der Waals surface area contributed by atoms with Crippen molar-refractivity contribution in [3.63, 3.8) is 0 Å². The number of aryl methyl sites for hydroxylation is 1. The topological polar surface area (TPSA) is 47.9 Å². The van der Waals surface area contributed by atoms with E-state index in [0.717, 1.165) is 33.5 Å². The molecule has 3 aromatic rings. The van der Waals surface area contributed by atoms with Gasteiger partial charge in [0.15, 0.2) is 0 Å². The standard InChI is InChI=1S/C16H13Cl2N3O/c1-9-12-5-10(22-2)3-4-11(12)16(21-20-9)6-13-14(17)7-19-8-15(13)18/h3-5,7-8H,6H2,1-2H3. The largest absolute Gasteiger partial charge is 0.497 e. The van der Waals surface area contributed by atoms with Crippen molar-refractivity contribution in [1.82, 2.24) is 15.2 Å². The average molecular weight is 334 g/mol. The first-order valence-corrected chi connectivity index (χ1v) is 7.43. The normalized spacial score (nSPS) is 10.9. The van der Waals surface area contributed by atoms with Crippen molar-refractivity contribution in [1.29, 1.82) is 0 Å². The summed E-state index contributed by atoms with van der Waals surface area (Å²) < 4.78 is 5.27. The molecule has 0 aliphatic carbocycles. The summed E-state index contributed by atoms with van der Waals surface area (Å²) in [7, 11) is 1.64. The van der Waals surface area contributed by atoms with E-state index < -0.39 is 0 Å². The van der Waals surface area contributed by atoms with Crippen molar-refractivity contribution in [3.8, 4) is 5.75 Å². The van der Waals surface area contributed by atoms with E-state index in [9.17, 15) is 0 Å². The highest BCUT2D eigenvalue weighted by molar-refractivity contribution is 6.35. The number of fused-ring (bicyclic) bond motifs is 1. The molecule has 0 radical (unpaired) electrons. The smallest absolute Gasteiger partial charge is 0.119 e. The van der Waals surface area contributed by atoms with Gasteiger partial charge in [0.05, 0.1) is 28.5 Å². The molecule has 0 amide bonds. The van der Waals surface area contributed by atoms with Gasteiger partial charge in [0.25, 0.3) is 0 Å². The number of hydrogen-bond acceptors (Lipinski definition) is 4. The highest BCUT2D eigenvalue weighted by Crippen LogP contribution is 2.29. The summed E-state index contributed by atoms with van der Waals surface area (Å²) in [5.41, 5.74) is 2.47. The van der Waals surface area contributed by atoms with E-state index >= 15 is 0 Å². The maximum Gasteiger partial charge on any atom is 0.119 e. The number of methoxy groups -OCH3 is 1. The molecule has 22 heavy (non-hydrogen) atoms. The predicted octanol–water partition coefficient (Wildman–Crippen LogP) is 4.24. The summed E-state index contributed by atoms with van der Waals surface area (Å²) in [6, 6.07) is 5.84. The molecule has 0 spiro atoms. The maximum absolute atomic E-state index is 6.19. The van der Waals surface area contributed by atoms with Gasteiger partial charge in [-0.05, 0) is 30.7 Å². The van der Waals surface area contributed by atoms with Crippen LogP contribution in [0.15, 0.2) is 30.6 Å². The first kappa shape index (κ1) is 15.0. The Kier molecular flexibility index (Phi) is 4.14. The van der Waals surface area contributed by atoms with E-state index in [2.05, 4.69) is 15.2 Å². The molecule has 0 saturated heterocycles. The molecule has 2 aromatic heterocycles. The van der Waals surface area contributed by atoms with Gasteiger partial charge >= 0.3 is 0 Å². The molecule has 0 N–H and O–H groups in total. The van der Waals surface area contributed by atoms with Crippen molar-refractivity contribution >= 4 is 34.0 Å². The molecule has 0 saturated carbocycles. The van der Waals surface area contributed by atoms with E-state index in [1.807, 2.05) is 25.1 Å². The molecule has 2 heterocycles. The van der Waals surface area contributed by atoms with Crippen molar-refractivity contribution in [2.75, 3.05) is 7.11 Å². The van der Waals surface area contributed by atoms with Gasteiger partial charge < -0.3 is 4.74 Å². The summed E-state index contributed by atoms with van der Waals surface area (Å²) in [5.74, 6) is 0.787. The van der Waals surface area contributed by atoms with Gasteiger partial charge in [-0.1, -0.05) is 23.2 Å². The van der Waals surface area contributed by atoms with Gasteiger partial charge in [-0.15, -0.1) is 0 Å². The molecule has 4 nitrogen and oxygen atoms in total. The average Bonchev–Trinajstić information content (AvgIpc) is 2.53. The fraction of sp³-hybridized carbons (Fsp3) is 0.188. The second kappa shape index (κ2) is 6.07. The van der Waals surface area contributed by atoms with Crippen LogP contribution < -0.4 is 4.74 Å². The molecule has 6 heteroatoms. The number of halogens is 2. The Labute approximate surface area is 138 Å². The summed E-state index contributed by atoms with van der Waals surface area (Å²) >= 11 is 12.4. The van der Waals surface area contributed by atoms with Gasteiger partial charge in [-0.3, -0.25) is 4.98 Å². The number of hydrogen-bond donors (Lipinski definition) is 0. The van der Waals surface area contributed by atoms with E-state index in [4.69, 9.17) is 27.9 Å². The Balaban J connectivity index is 2.14. The first-order chi connectivity index (χ1) is 10.6. The van der Waals surface area contributed by atoms with Gasteiger partial charge in [0.2, 0.25) is 0 Å². The van der Waals surface area contributed by atoms with Gasteiger partial charge in [-0.25, -0.2) is 0 Å². The third kappa shape index (κ3) is 2.72. The zero-order valence-corrected chi connectivity index (χ0v) is 13.6. The number of nitrogens with zero attached hydrogens (tertiary/aromatic N) is 3. The predicted molar refractivity (Wildman–Crippen MR) is 87.9 cm³/mol. The SMILES string of the molecule is COc1ccc2c(Cc3c(Cl)cncc3Cl)nnc(C)c2c1. The second-order valence-corrected chi connectivity index (χ2v) is 5.72. The van der Waals surface area contributed by atoms with E-state index in [0.29, 0.717) is 16.5 Å². The number of ether oxygens (including phenoxy) is 1. The molecule has 0 fully saturated rings. The van der Waals surface area contributed by atoms with Crippen molar-refractivity contribution in [2.24, 2.45) is 0 Å². The molecule has 0 aliphatic rings. The number of aromatic nitrogens is 3. The molecule has 112 valence electrons. The Bertz CT molecular complexity index is 832. The first-order valence-electron chi connectivity index (χ1n) is 6.68. The van der Waals surface area contributed by atoms with Crippen LogP contribution in [0.25, 0.3) is 10.8 Å². The van der Waals surface area contributed by atoms with E-state index in [1.165, 1.54) is 0 Å². The Morgan fingerprint density at radius 3 is 2.45 bits per heavy atom. The molecule has 0 bridgehead atoms. The molecule has 3 rings (SSSR count). The fourth-order valence-corrected chi connectivity index (χ4v) is 2.85. The summed E-state index contributed by atoms with van der Waals surface area (Å²) in [5, 5.41) is 11.6. The minimum atomic E-state index is 0.496. The Morgan fingerprint density at radius 2 is 1.77 bits per heavy atom. The third-order valence-corrected chi connectivity index (χ3v) is 4.20. The number of benzene rings is 1. The minimum absolute atomic E-state index is 0.496. The van der Waals surface area contributed by atoms with Crippen LogP contribution in [0.4, 0.5) is 0 Å². The Morgan fingerprint density at radius 1 is 1.05 bits per heavy atom. The lowest BCUT2D eigenvalue weighted by Crippen LogP contribution is -2.01. The monoisotopic (exact) mass is 333 g/mol. The van der Waals surface area contributed by atoms with Crippen LogP contribution in [0.5, 0.6) is 5.75 Å². The van der Waals surface area contributed by atoms with Crippen LogP contribution in [-0.2, 0) is 6.42 Å². The van der Waals surface area contributed by atoms with Crippen LogP contribution in [0.2, 0.25) is 10.0 Å². The van der Waals surface area contributed by atoms with Gasteiger partial charge in [-0.2, -0.15) is 10.2 Å². The Hall–Kier alpha value is -1.91. The minimum Gasteiger partial charge on any atom is -0.497 e. The zero-order valence-electron chi connectivity index (χ0n) is 12.1. The van der Waals surface area contributed by atoms with Crippen molar-refractivity contribution in [2.45, 2.75) is 13.3 Å². The van der Waals surface area contributed by atoms with E-state index in [-0.39, 0.29) is 0 Å². The highest BCUT2D eigenvalue weighted by Gasteiger charge is 2.13. The number of rotatable bonds is 3. The van der Waals surface area contributed by atoms with Crippen molar-refractivity contribution in [3.05, 3.63) is 57.6 Å². The van der Waals surface area contributed by atoms with Crippen LogP contribution in [-0.4, -0.2) is 22.3 Å². The maximum atomic E-state index is 6.19. The molecule has 0 unspecified atom stereocenters. The van der Waals surface area contributed by atoms with Crippen LogP contribution in [0.1, 0.15) is 17.0 Å². The van der Waals surface area contributed by atoms with Gasteiger partial charge in [0, 0.05) is 29.6 Å². The second-order valence-electron chi connectivity index (χ2n) is 4.90. The fourth-order valence-electron chi connectivity index (χ4n) is 2.35. The van der Waals surface area contributed by atoms with Crippen LogP contribution >= 0.6 is 23.2 Å². The highest BCUT2D eigenvalue weighted by atomic mass is 35.5. The zero-order chi connectivity index (χ0) is 15.7.